The Morgan fingerprint density at radius 1 is 1.47 bits per heavy atom. The van der Waals surface area contributed by atoms with Gasteiger partial charge in [0.1, 0.15) is 0 Å². The highest BCUT2D eigenvalue weighted by Crippen LogP contribution is 2.60. The Balaban J connectivity index is 1.53. The Bertz CT molecular complexity index is 232. The van der Waals surface area contributed by atoms with E-state index in [1.54, 1.807) is 0 Å². The van der Waals surface area contributed by atoms with Crippen LogP contribution in [0.5, 0.6) is 0 Å². The first-order valence-corrected chi connectivity index (χ1v) is 6.13. The van der Waals surface area contributed by atoms with Crippen molar-refractivity contribution in [3.63, 3.8) is 0 Å². The second-order valence-electron chi connectivity index (χ2n) is 4.87. The lowest BCUT2D eigenvalue weighted by Crippen LogP contribution is -2.27. The van der Waals surface area contributed by atoms with E-state index < -0.39 is 0 Å². The highest BCUT2D eigenvalue weighted by atomic mass is 16.5. The molecular weight excluding hydrogens is 190 g/mol. The SMILES string of the molecule is CCOC(=O)CCNCC1(C2CC2)CC1. The molecule has 0 heterocycles. The van der Waals surface area contributed by atoms with E-state index in [1.165, 1.54) is 25.7 Å². The summed E-state index contributed by atoms with van der Waals surface area (Å²) in [5, 5.41) is 3.40. The summed E-state index contributed by atoms with van der Waals surface area (Å²) in [6, 6.07) is 0. The number of hydrogen-bond donors (Lipinski definition) is 1. The van der Waals surface area contributed by atoms with Gasteiger partial charge in [-0.05, 0) is 43.9 Å². The summed E-state index contributed by atoms with van der Waals surface area (Å²) >= 11 is 0. The molecule has 0 amide bonds. The summed E-state index contributed by atoms with van der Waals surface area (Å²) in [5.41, 5.74) is 0.634. The fraction of sp³-hybridized carbons (Fsp3) is 0.917. The molecule has 0 aromatic carbocycles. The Morgan fingerprint density at radius 2 is 2.20 bits per heavy atom. The molecule has 0 atom stereocenters. The van der Waals surface area contributed by atoms with E-state index in [1.807, 2.05) is 6.92 Å². The third kappa shape index (κ3) is 2.94. The lowest BCUT2D eigenvalue weighted by molar-refractivity contribution is -0.142. The molecule has 2 saturated carbocycles. The van der Waals surface area contributed by atoms with Gasteiger partial charge in [0, 0.05) is 13.1 Å². The first-order chi connectivity index (χ1) is 7.27. The summed E-state index contributed by atoms with van der Waals surface area (Å²) in [6.45, 7) is 4.22. The molecule has 2 fully saturated rings. The van der Waals surface area contributed by atoms with Gasteiger partial charge in [-0.2, -0.15) is 0 Å². The molecule has 0 saturated heterocycles. The maximum atomic E-state index is 11.1. The summed E-state index contributed by atoms with van der Waals surface area (Å²) in [4.78, 5) is 11.1. The predicted octanol–water partition coefficient (Wildman–Crippen LogP) is 1.72. The Kier molecular flexibility index (Phi) is 3.29. The zero-order valence-electron chi connectivity index (χ0n) is 9.55. The van der Waals surface area contributed by atoms with Crippen LogP contribution >= 0.6 is 0 Å². The van der Waals surface area contributed by atoms with Crippen molar-refractivity contribution in [1.82, 2.24) is 5.32 Å². The van der Waals surface area contributed by atoms with E-state index in [0.29, 0.717) is 18.4 Å². The highest BCUT2D eigenvalue weighted by Gasteiger charge is 2.53. The van der Waals surface area contributed by atoms with Crippen molar-refractivity contribution in [1.29, 1.82) is 0 Å². The Morgan fingerprint density at radius 3 is 2.73 bits per heavy atom. The van der Waals surface area contributed by atoms with Crippen molar-refractivity contribution in [2.24, 2.45) is 11.3 Å². The lowest BCUT2D eigenvalue weighted by atomic mass is 10.0. The number of carbonyl (C=O) groups is 1. The van der Waals surface area contributed by atoms with E-state index in [0.717, 1.165) is 19.0 Å². The molecule has 2 aliphatic rings. The zero-order valence-corrected chi connectivity index (χ0v) is 9.55. The van der Waals surface area contributed by atoms with Gasteiger partial charge >= 0.3 is 5.97 Å². The number of nitrogens with one attached hydrogen (secondary N) is 1. The van der Waals surface area contributed by atoms with Crippen molar-refractivity contribution in [3.8, 4) is 0 Å². The van der Waals surface area contributed by atoms with Crippen LogP contribution in [0.2, 0.25) is 0 Å². The van der Waals surface area contributed by atoms with Crippen LogP contribution in [0.4, 0.5) is 0 Å². The molecule has 0 spiro atoms. The monoisotopic (exact) mass is 211 g/mol. The molecule has 3 nitrogen and oxygen atoms in total. The second kappa shape index (κ2) is 4.52. The van der Waals surface area contributed by atoms with Crippen molar-refractivity contribution in [3.05, 3.63) is 0 Å². The minimum atomic E-state index is -0.0822. The molecule has 2 aliphatic carbocycles. The van der Waals surface area contributed by atoms with Crippen LogP contribution in [-0.4, -0.2) is 25.7 Å². The van der Waals surface area contributed by atoms with Crippen molar-refractivity contribution >= 4 is 5.97 Å². The van der Waals surface area contributed by atoms with Gasteiger partial charge in [0.05, 0.1) is 13.0 Å². The maximum absolute atomic E-state index is 11.1. The molecule has 0 aromatic rings. The van der Waals surface area contributed by atoms with Crippen molar-refractivity contribution in [2.75, 3.05) is 19.7 Å². The zero-order chi connectivity index (χ0) is 10.7. The van der Waals surface area contributed by atoms with E-state index in [9.17, 15) is 4.79 Å². The third-order valence-corrected chi connectivity index (χ3v) is 3.62. The van der Waals surface area contributed by atoms with Gasteiger partial charge in [0.25, 0.3) is 0 Å². The quantitative estimate of drug-likeness (QED) is 0.515. The fourth-order valence-corrected chi connectivity index (χ4v) is 2.35. The number of hydrogen-bond acceptors (Lipinski definition) is 3. The predicted molar refractivity (Wildman–Crippen MR) is 58.5 cm³/mol. The van der Waals surface area contributed by atoms with Gasteiger partial charge in [-0.15, -0.1) is 0 Å². The third-order valence-electron chi connectivity index (χ3n) is 3.62. The van der Waals surface area contributed by atoms with Crippen LogP contribution in [-0.2, 0) is 9.53 Å². The molecule has 2 rings (SSSR count). The molecule has 0 unspecified atom stereocenters. The van der Waals surface area contributed by atoms with Gasteiger partial charge in [-0.3, -0.25) is 4.79 Å². The van der Waals surface area contributed by atoms with Gasteiger partial charge in [0.2, 0.25) is 0 Å². The van der Waals surface area contributed by atoms with Crippen molar-refractivity contribution < 1.29 is 9.53 Å². The van der Waals surface area contributed by atoms with Gasteiger partial charge < -0.3 is 10.1 Å². The Hall–Kier alpha value is -0.570. The van der Waals surface area contributed by atoms with Crippen LogP contribution in [0.3, 0.4) is 0 Å². The minimum absolute atomic E-state index is 0.0822. The first-order valence-electron chi connectivity index (χ1n) is 6.13. The summed E-state index contributed by atoms with van der Waals surface area (Å²) < 4.78 is 4.87. The van der Waals surface area contributed by atoms with Crippen LogP contribution in [0, 0.1) is 11.3 Å². The number of carbonyl (C=O) groups excluding carboxylic acids is 1. The number of esters is 1. The molecule has 0 radical (unpaired) electrons. The molecule has 0 bridgehead atoms. The minimum Gasteiger partial charge on any atom is -0.466 e. The molecule has 0 aliphatic heterocycles. The smallest absolute Gasteiger partial charge is 0.307 e. The molecule has 1 N–H and O–H groups in total. The summed E-state index contributed by atoms with van der Waals surface area (Å²) in [6.07, 6.45) is 6.15. The standard InChI is InChI=1S/C12H21NO2/c1-2-15-11(14)5-8-13-9-12(6-7-12)10-3-4-10/h10,13H,2-9H2,1H3. The average molecular weight is 211 g/mol. The molecule has 3 heteroatoms. The number of ether oxygens (including phenoxy) is 1. The second-order valence-corrected chi connectivity index (χ2v) is 4.87. The topological polar surface area (TPSA) is 38.3 Å². The first kappa shape index (κ1) is 10.9. The van der Waals surface area contributed by atoms with E-state index >= 15 is 0 Å². The van der Waals surface area contributed by atoms with Gasteiger partial charge in [-0.1, -0.05) is 0 Å². The largest absolute Gasteiger partial charge is 0.466 e. The molecule has 86 valence electrons. The van der Waals surface area contributed by atoms with E-state index in [4.69, 9.17) is 4.74 Å². The fourth-order valence-electron chi connectivity index (χ4n) is 2.35. The summed E-state index contributed by atoms with van der Waals surface area (Å²) in [5.74, 6) is 0.911. The van der Waals surface area contributed by atoms with Gasteiger partial charge in [-0.25, -0.2) is 0 Å². The normalized spacial score (nSPS) is 22.5. The number of rotatable bonds is 7. The highest BCUT2D eigenvalue weighted by molar-refractivity contribution is 5.69. The van der Waals surface area contributed by atoms with Gasteiger partial charge in [0.15, 0.2) is 0 Å². The van der Waals surface area contributed by atoms with E-state index in [2.05, 4.69) is 5.32 Å². The van der Waals surface area contributed by atoms with Crippen LogP contribution in [0.1, 0.15) is 39.0 Å². The molecular formula is C12H21NO2. The van der Waals surface area contributed by atoms with E-state index in [-0.39, 0.29) is 5.97 Å². The van der Waals surface area contributed by atoms with Crippen LogP contribution in [0.25, 0.3) is 0 Å². The molecule has 15 heavy (non-hydrogen) atoms. The molecule has 0 aromatic heterocycles. The van der Waals surface area contributed by atoms with Crippen LogP contribution < -0.4 is 5.32 Å². The average Bonchev–Trinajstić information content (AvgIpc) is 3.02. The maximum Gasteiger partial charge on any atom is 0.307 e. The summed E-state index contributed by atoms with van der Waals surface area (Å²) in [7, 11) is 0. The lowest BCUT2D eigenvalue weighted by Gasteiger charge is -2.14. The van der Waals surface area contributed by atoms with Crippen LogP contribution in [0.15, 0.2) is 0 Å². The Labute approximate surface area is 91.6 Å². The van der Waals surface area contributed by atoms with Crippen molar-refractivity contribution in [2.45, 2.75) is 39.0 Å².